The first-order valence-corrected chi connectivity index (χ1v) is 10.5. The fraction of sp³-hybridized carbons (Fsp3) is 0.684. The van der Waals surface area contributed by atoms with Gasteiger partial charge >= 0.3 is 0 Å². The summed E-state index contributed by atoms with van der Waals surface area (Å²) in [5.74, 6) is 2.20. The molecule has 2 heterocycles. The number of amides is 1. The predicted octanol–water partition coefficient (Wildman–Crippen LogP) is 2.76. The Labute approximate surface area is 156 Å². The number of thioether (sulfide) groups is 1. The Balaban J connectivity index is 1.75. The first-order valence-electron chi connectivity index (χ1n) is 9.45. The van der Waals surface area contributed by atoms with Gasteiger partial charge in [0.1, 0.15) is 5.82 Å². The molecule has 0 radical (unpaired) electrons. The van der Waals surface area contributed by atoms with Gasteiger partial charge in [-0.05, 0) is 37.3 Å². The van der Waals surface area contributed by atoms with E-state index in [1.807, 2.05) is 13.1 Å². The third kappa shape index (κ3) is 6.51. The lowest BCUT2D eigenvalue weighted by Crippen LogP contribution is -2.46. The van der Waals surface area contributed by atoms with Crippen molar-refractivity contribution < 1.29 is 4.79 Å². The van der Waals surface area contributed by atoms with Crippen LogP contribution < -0.4 is 10.2 Å². The zero-order chi connectivity index (χ0) is 18.1. The molecule has 25 heavy (non-hydrogen) atoms. The number of anilines is 1. The van der Waals surface area contributed by atoms with Gasteiger partial charge in [0.15, 0.2) is 0 Å². The van der Waals surface area contributed by atoms with Crippen LogP contribution in [0, 0.1) is 0 Å². The van der Waals surface area contributed by atoms with Crippen molar-refractivity contribution in [1.82, 2.24) is 15.2 Å². The van der Waals surface area contributed by atoms with Crippen LogP contribution in [-0.2, 0) is 11.3 Å². The first kappa shape index (κ1) is 20.0. The van der Waals surface area contributed by atoms with Crippen molar-refractivity contribution in [2.75, 3.05) is 43.4 Å². The molecule has 1 aliphatic rings. The zero-order valence-electron chi connectivity index (χ0n) is 15.8. The Morgan fingerprint density at radius 2 is 2.04 bits per heavy atom. The average molecular weight is 365 g/mol. The molecule has 0 aliphatic carbocycles. The van der Waals surface area contributed by atoms with E-state index in [1.165, 1.54) is 12.8 Å². The summed E-state index contributed by atoms with van der Waals surface area (Å²) in [6.07, 6.45) is 4.23. The van der Waals surface area contributed by atoms with Gasteiger partial charge in [-0.25, -0.2) is 4.98 Å². The minimum atomic E-state index is 0.00800. The van der Waals surface area contributed by atoms with Crippen LogP contribution >= 0.6 is 11.8 Å². The van der Waals surface area contributed by atoms with Crippen molar-refractivity contribution in [3.8, 4) is 0 Å². The molecule has 1 aliphatic heterocycles. The summed E-state index contributed by atoms with van der Waals surface area (Å²) in [6.45, 7) is 12.3. The highest BCUT2D eigenvalue weighted by Crippen LogP contribution is 2.15. The van der Waals surface area contributed by atoms with Gasteiger partial charge in [0.25, 0.3) is 0 Å². The number of hydrogen-bond donors (Lipinski definition) is 1. The summed E-state index contributed by atoms with van der Waals surface area (Å²) in [4.78, 5) is 21.5. The molecule has 0 spiro atoms. The number of nitrogens with zero attached hydrogens (tertiary/aromatic N) is 3. The third-order valence-electron chi connectivity index (χ3n) is 4.65. The van der Waals surface area contributed by atoms with E-state index in [0.717, 1.165) is 49.9 Å². The topological polar surface area (TPSA) is 48.5 Å². The molecule has 1 atom stereocenters. The Morgan fingerprint density at radius 1 is 1.28 bits per heavy atom. The van der Waals surface area contributed by atoms with E-state index in [9.17, 15) is 4.79 Å². The molecule has 0 saturated carbocycles. The summed E-state index contributed by atoms with van der Waals surface area (Å²) < 4.78 is 0. The molecule has 0 aromatic carbocycles. The van der Waals surface area contributed by atoms with Crippen LogP contribution in [0.25, 0.3) is 0 Å². The van der Waals surface area contributed by atoms with Crippen LogP contribution in [0.2, 0.25) is 0 Å². The summed E-state index contributed by atoms with van der Waals surface area (Å²) in [7, 11) is 0. The molecule has 1 aromatic rings. The second-order valence-corrected chi connectivity index (χ2v) is 7.98. The van der Waals surface area contributed by atoms with Crippen LogP contribution in [0.5, 0.6) is 0 Å². The summed E-state index contributed by atoms with van der Waals surface area (Å²) in [5.41, 5.74) is 1.05. The number of nitrogens with one attached hydrogen (secondary N) is 1. The number of likely N-dealkylation sites (N-methyl/N-ethyl adjacent to an activating group) is 1. The molecule has 1 N–H and O–H groups in total. The van der Waals surface area contributed by atoms with Crippen LogP contribution in [0.3, 0.4) is 0 Å². The molecule has 2 rings (SSSR count). The van der Waals surface area contributed by atoms with Gasteiger partial charge in [-0.1, -0.05) is 26.3 Å². The maximum absolute atomic E-state index is 12.1. The molecule has 0 bridgehead atoms. The molecule has 6 heteroatoms. The molecule has 140 valence electrons. The van der Waals surface area contributed by atoms with Crippen LogP contribution in [0.15, 0.2) is 18.3 Å². The maximum Gasteiger partial charge on any atom is 0.233 e. The van der Waals surface area contributed by atoms with Gasteiger partial charge < -0.3 is 15.1 Å². The van der Waals surface area contributed by atoms with Crippen LogP contribution in [-0.4, -0.2) is 59.5 Å². The lowest BCUT2D eigenvalue weighted by molar-refractivity contribution is -0.120. The number of piperazine rings is 1. The normalized spacial score (nSPS) is 16.7. The van der Waals surface area contributed by atoms with Crippen molar-refractivity contribution in [2.45, 2.75) is 45.4 Å². The summed E-state index contributed by atoms with van der Waals surface area (Å²) >= 11 is 1.73. The number of pyridine rings is 1. The molecular weight excluding hydrogens is 332 g/mol. The van der Waals surface area contributed by atoms with E-state index in [1.54, 1.807) is 11.8 Å². The first-order chi connectivity index (χ1) is 12.1. The molecule has 1 saturated heterocycles. The third-order valence-corrected chi connectivity index (χ3v) is 5.89. The van der Waals surface area contributed by atoms with Crippen LogP contribution in [0.1, 0.15) is 39.2 Å². The Hall–Kier alpha value is -1.27. The molecule has 1 unspecified atom stereocenters. The highest BCUT2D eigenvalue weighted by molar-refractivity contribution is 8.00. The molecular formula is C19H32N4OS. The van der Waals surface area contributed by atoms with Gasteiger partial charge in [-0.2, -0.15) is 0 Å². The lowest BCUT2D eigenvalue weighted by atomic mass is 10.2. The van der Waals surface area contributed by atoms with Gasteiger partial charge in [0, 0.05) is 38.9 Å². The van der Waals surface area contributed by atoms with Gasteiger partial charge in [-0.3, -0.25) is 4.79 Å². The smallest absolute Gasteiger partial charge is 0.233 e. The fourth-order valence-electron chi connectivity index (χ4n) is 2.81. The van der Waals surface area contributed by atoms with Crippen LogP contribution in [0.4, 0.5) is 5.82 Å². The largest absolute Gasteiger partial charge is 0.354 e. The van der Waals surface area contributed by atoms with Gasteiger partial charge in [-0.15, -0.1) is 11.8 Å². The van der Waals surface area contributed by atoms with E-state index in [2.05, 4.69) is 46.1 Å². The standard InChI is InChI=1S/C19H32N4OS/c1-4-6-13-25-16(3)19(24)21-15-17-7-8-18(20-14-17)23-11-9-22(5-2)10-12-23/h7-8,14,16H,4-6,9-13,15H2,1-3H3,(H,21,24). The highest BCUT2D eigenvalue weighted by atomic mass is 32.2. The number of carbonyl (C=O) groups is 1. The van der Waals surface area contributed by atoms with E-state index in [4.69, 9.17) is 0 Å². The van der Waals surface area contributed by atoms with Crippen molar-refractivity contribution in [2.24, 2.45) is 0 Å². The van der Waals surface area contributed by atoms with E-state index >= 15 is 0 Å². The molecule has 5 nitrogen and oxygen atoms in total. The highest BCUT2D eigenvalue weighted by Gasteiger charge is 2.17. The second kappa shape index (κ2) is 10.7. The van der Waals surface area contributed by atoms with Crippen molar-refractivity contribution in [3.05, 3.63) is 23.9 Å². The Morgan fingerprint density at radius 3 is 2.64 bits per heavy atom. The van der Waals surface area contributed by atoms with E-state index < -0.39 is 0 Å². The minimum absolute atomic E-state index is 0.00800. The minimum Gasteiger partial charge on any atom is -0.354 e. The van der Waals surface area contributed by atoms with Crippen molar-refractivity contribution in [3.63, 3.8) is 0 Å². The number of rotatable bonds is 9. The Kier molecular flexibility index (Phi) is 8.55. The van der Waals surface area contributed by atoms with E-state index in [0.29, 0.717) is 6.54 Å². The monoisotopic (exact) mass is 364 g/mol. The summed E-state index contributed by atoms with van der Waals surface area (Å²) in [6, 6.07) is 4.15. The number of hydrogen-bond acceptors (Lipinski definition) is 5. The van der Waals surface area contributed by atoms with E-state index in [-0.39, 0.29) is 11.2 Å². The lowest BCUT2D eigenvalue weighted by Gasteiger charge is -2.34. The van der Waals surface area contributed by atoms with Crippen molar-refractivity contribution >= 4 is 23.5 Å². The zero-order valence-corrected chi connectivity index (χ0v) is 16.6. The molecule has 1 fully saturated rings. The molecule has 1 amide bonds. The van der Waals surface area contributed by atoms with Crippen molar-refractivity contribution in [1.29, 1.82) is 0 Å². The van der Waals surface area contributed by atoms with Gasteiger partial charge in [0.2, 0.25) is 5.91 Å². The molecule has 1 aromatic heterocycles. The second-order valence-electron chi connectivity index (χ2n) is 6.53. The average Bonchev–Trinajstić information content (AvgIpc) is 2.66. The quantitative estimate of drug-likeness (QED) is 0.683. The fourth-order valence-corrected chi connectivity index (χ4v) is 3.86. The number of unbranched alkanes of at least 4 members (excludes halogenated alkanes) is 1. The maximum atomic E-state index is 12.1. The number of carbonyl (C=O) groups excluding carboxylic acids is 1. The van der Waals surface area contributed by atoms with Gasteiger partial charge in [0.05, 0.1) is 5.25 Å². The Bertz CT molecular complexity index is 515. The summed E-state index contributed by atoms with van der Waals surface area (Å²) in [5, 5.41) is 3.03. The predicted molar refractivity (Wildman–Crippen MR) is 107 cm³/mol. The SMILES string of the molecule is CCCCSC(C)C(=O)NCc1ccc(N2CCN(CC)CC2)nc1. The number of aromatic nitrogens is 1.